The van der Waals surface area contributed by atoms with Crippen LogP contribution in [0.4, 0.5) is 0 Å². The minimum Gasteiger partial charge on any atom is -0.489 e. The molecule has 0 radical (unpaired) electrons. The topological polar surface area (TPSA) is 85.9 Å². The van der Waals surface area contributed by atoms with E-state index in [-0.39, 0.29) is 6.10 Å². The van der Waals surface area contributed by atoms with Gasteiger partial charge in [-0.15, -0.1) is 0 Å². The Labute approximate surface area is 192 Å². The Balaban J connectivity index is 1.36. The number of hydrogen-bond donors (Lipinski definition) is 0. The third kappa shape index (κ3) is 4.92. The average molecular weight is 438 g/mol. The number of rotatable bonds is 6. The SMILES string of the molecule is N#Cc1cc(-c2ccnc(Cc3cccc(-n4cccn4)c3)n2)ccc1OC1CCOCC1. The summed E-state index contributed by atoms with van der Waals surface area (Å²) in [6.45, 7) is 1.39. The van der Waals surface area contributed by atoms with E-state index < -0.39 is 0 Å². The molecule has 7 heteroatoms. The fraction of sp³-hybridized carbons (Fsp3) is 0.231. The van der Waals surface area contributed by atoms with Crippen molar-refractivity contribution in [2.75, 3.05) is 13.2 Å². The summed E-state index contributed by atoms with van der Waals surface area (Å²) in [5.41, 5.74) is 4.23. The molecule has 3 heterocycles. The second-order valence-corrected chi connectivity index (χ2v) is 7.91. The molecule has 1 saturated heterocycles. The zero-order valence-electron chi connectivity index (χ0n) is 18.1. The van der Waals surface area contributed by atoms with Gasteiger partial charge in [-0.1, -0.05) is 12.1 Å². The fourth-order valence-corrected chi connectivity index (χ4v) is 3.91. The molecule has 0 amide bonds. The van der Waals surface area contributed by atoms with E-state index in [1.54, 1.807) is 12.4 Å². The highest BCUT2D eigenvalue weighted by molar-refractivity contribution is 5.64. The number of nitriles is 1. The smallest absolute Gasteiger partial charge is 0.137 e. The number of benzene rings is 2. The van der Waals surface area contributed by atoms with Crippen LogP contribution >= 0.6 is 0 Å². The lowest BCUT2D eigenvalue weighted by Crippen LogP contribution is -2.26. The van der Waals surface area contributed by atoms with Gasteiger partial charge in [0.2, 0.25) is 0 Å². The van der Waals surface area contributed by atoms with Crippen molar-refractivity contribution in [1.29, 1.82) is 5.26 Å². The summed E-state index contributed by atoms with van der Waals surface area (Å²) >= 11 is 0. The molecule has 1 aliphatic heterocycles. The van der Waals surface area contributed by atoms with Crippen LogP contribution in [0.2, 0.25) is 0 Å². The van der Waals surface area contributed by atoms with E-state index >= 15 is 0 Å². The molecule has 0 N–H and O–H groups in total. The molecule has 33 heavy (non-hydrogen) atoms. The number of hydrogen-bond acceptors (Lipinski definition) is 6. The van der Waals surface area contributed by atoms with Crippen molar-refractivity contribution in [3.05, 3.63) is 90.1 Å². The highest BCUT2D eigenvalue weighted by Gasteiger charge is 2.17. The van der Waals surface area contributed by atoms with Crippen molar-refractivity contribution in [3.8, 4) is 28.8 Å². The Bertz CT molecular complexity index is 1270. The summed E-state index contributed by atoms with van der Waals surface area (Å²) in [7, 11) is 0. The van der Waals surface area contributed by atoms with Gasteiger partial charge < -0.3 is 9.47 Å². The summed E-state index contributed by atoms with van der Waals surface area (Å²) in [5, 5.41) is 14.0. The molecule has 0 aliphatic carbocycles. The van der Waals surface area contributed by atoms with Crippen LogP contribution in [0.15, 0.2) is 73.2 Å². The summed E-state index contributed by atoms with van der Waals surface area (Å²) < 4.78 is 13.3. The van der Waals surface area contributed by atoms with Crippen LogP contribution in [0.25, 0.3) is 16.9 Å². The monoisotopic (exact) mass is 437 g/mol. The predicted molar refractivity (Wildman–Crippen MR) is 123 cm³/mol. The van der Waals surface area contributed by atoms with Crippen molar-refractivity contribution in [2.24, 2.45) is 0 Å². The summed E-state index contributed by atoms with van der Waals surface area (Å²) in [6, 6.07) is 19.8. The van der Waals surface area contributed by atoms with Crippen molar-refractivity contribution >= 4 is 0 Å². The Hall–Kier alpha value is -4.02. The fourth-order valence-electron chi connectivity index (χ4n) is 3.91. The third-order valence-corrected chi connectivity index (χ3v) is 5.60. The van der Waals surface area contributed by atoms with Gasteiger partial charge >= 0.3 is 0 Å². The van der Waals surface area contributed by atoms with Crippen LogP contribution in [0.1, 0.15) is 29.8 Å². The van der Waals surface area contributed by atoms with E-state index in [9.17, 15) is 5.26 Å². The van der Waals surface area contributed by atoms with E-state index in [0.717, 1.165) is 35.3 Å². The van der Waals surface area contributed by atoms with E-state index in [0.29, 0.717) is 36.8 Å². The minimum absolute atomic E-state index is 0.0832. The summed E-state index contributed by atoms with van der Waals surface area (Å²) in [6.07, 6.45) is 7.78. The molecule has 1 aliphatic rings. The number of ether oxygens (including phenoxy) is 2. The van der Waals surface area contributed by atoms with Gasteiger partial charge in [0.15, 0.2) is 0 Å². The molecule has 164 valence electrons. The lowest BCUT2D eigenvalue weighted by Gasteiger charge is -2.23. The Morgan fingerprint density at radius 1 is 1.06 bits per heavy atom. The molecular weight excluding hydrogens is 414 g/mol. The van der Waals surface area contributed by atoms with Crippen LogP contribution in [0.5, 0.6) is 5.75 Å². The lowest BCUT2D eigenvalue weighted by atomic mass is 10.1. The summed E-state index contributed by atoms with van der Waals surface area (Å²) in [4.78, 5) is 9.21. The molecule has 0 unspecified atom stereocenters. The lowest BCUT2D eigenvalue weighted by molar-refractivity contribution is 0.0254. The van der Waals surface area contributed by atoms with Crippen LogP contribution in [0, 0.1) is 11.3 Å². The highest BCUT2D eigenvalue weighted by atomic mass is 16.5. The standard InChI is InChI=1S/C26H23N5O2/c27-18-21-17-20(5-6-25(21)33-23-8-13-32-14-9-23)24-7-11-28-26(30-24)16-19-3-1-4-22(15-19)31-12-2-10-29-31/h1-7,10-12,15,17,23H,8-9,13-14,16H2. The molecule has 1 fully saturated rings. The molecule has 2 aromatic heterocycles. The van der Waals surface area contributed by atoms with Crippen LogP contribution in [-0.2, 0) is 11.2 Å². The van der Waals surface area contributed by atoms with Crippen LogP contribution in [0.3, 0.4) is 0 Å². The van der Waals surface area contributed by atoms with Gasteiger partial charge in [0.1, 0.15) is 23.7 Å². The number of aromatic nitrogens is 4. The molecule has 4 aromatic rings. The first-order valence-electron chi connectivity index (χ1n) is 11.0. The van der Waals surface area contributed by atoms with E-state index in [4.69, 9.17) is 14.5 Å². The maximum absolute atomic E-state index is 9.68. The van der Waals surface area contributed by atoms with Gasteiger partial charge in [0, 0.05) is 43.4 Å². The Morgan fingerprint density at radius 3 is 2.79 bits per heavy atom. The molecule has 0 spiro atoms. The van der Waals surface area contributed by atoms with Crippen LogP contribution in [-0.4, -0.2) is 39.1 Å². The molecular formula is C26H23N5O2. The first-order chi connectivity index (χ1) is 16.3. The molecule has 7 nitrogen and oxygen atoms in total. The maximum atomic E-state index is 9.68. The van der Waals surface area contributed by atoms with Gasteiger partial charge in [-0.3, -0.25) is 0 Å². The molecule has 0 saturated carbocycles. The Kier molecular flexibility index (Phi) is 6.09. The van der Waals surface area contributed by atoms with E-state index in [1.165, 1.54) is 0 Å². The molecule has 2 aromatic carbocycles. The zero-order chi connectivity index (χ0) is 22.5. The first-order valence-corrected chi connectivity index (χ1v) is 11.0. The van der Waals surface area contributed by atoms with Crippen LogP contribution < -0.4 is 4.74 Å². The van der Waals surface area contributed by atoms with Gasteiger partial charge in [-0.25, -0.2) is 14.6 Å². The normalized spacial score (nSPS) is 14.0. The first kappa shape index (κ1) is 20.9. The second-order valence-electron chi connectivity index (χ2n) is 7.91. The largest absolute Gasteiger partial charge is 0.489 e. The van der Waals surface area contributed by atoms with Gasteiger partial charge in [-0.2, -0.15) is 10.4 Å². The average Bonchev–Trinajstić information content (AvgIpc) is 3.41. The van der Waals surface area contributed by atoms with Gasteiger partial charge in [-0.05, 0) is 48.0 Å². The van der Waals surface area contributed by atoms with Crippen molar-refractivity contribution in [3.63, 3.8) is 0 Å². The maximum Gasteiger partial charge on any atom is 0.137 e. The molecule has 0 bridgehead atoms. The molecule has 5 rings (SSSR count). The minimum atomic E-state index is 0.0832. The highest BCUT2D eigenvalue weighted by Crippen LogP contribution is 2.27. The second kappa shape index (κ2) is 9.63. The van der Waals surface area contributed by atoms with E-state index in [1.807, 2.05) is 53.3 Å². The number of nitrogens with zero attached hydrogens (tertiary/aromatic N) is 5. The zero-order valence-corrected chi connectivity index (χ0v) is 18.1. The van der Waals surface area contributed by atoms with Crippen molar-refractivity contribution in [1.82, 2.24) is 19.7 Å². The quantitative estimate of drug-likeness (QED) is 0.446. The van der Waals surface area contributed by atoms with Crippen molar-refractivity contribution in [2.45, 2.75) is 25.4 Å². The summed E-state index contributed by atoms with van der Waals surface area (Å²) in [5.74, 6) is 1.32. The van der Waals surface area contributed by atoms with Gasteiger partial charge in [0.05, 0.1) is 30.2 Å². The molecule has 0 atom stereocenters. The Morgan fingerprint density at radius 2 is 1.97 bits per heavy atom. The third-order valence-electron chi connectivity index (χ3n) is 5.60. The van der Waals surface area contributed by atoms with E-state index in [2.05, 4.69) is 28.3 Å². The van der Waals surface area contributed by atoms with Gasteiger partial charge in [0.25, 0.3) is 0 Å². The van der Waals surface area contributed by atoms with Crippen molar-refractivity contribution < 1.29 is 9.47 Å². The predicted octanol–water partition coefficient (Wildman–Crippen LogP) is 4.35.